The van der Waals surface area contributed by atoms with Crippen molar-refractivity contribution >= 4 is 18.2 Å². The van der Waals surface area contributed by atoms with E-state index in [0.717, 1.165) is 29.8 Å². The number of imide groups is 1. The lowest BCUT2D eigenvalue weighted by Gasteiger charge is -2.20. The van der Waals surface area contributed by atoms with Crippen molar-refractivity contribution in [2.75, 3.05) is 0 Å². The fourth-order valence-electron chi connectivity index (χ4n) is 2.78. The molecule has 0 radical (unpaired) electrons. The molecule has 0 saturated carbocycles. The Balaban J connectivity index is 1.98. The average Bonchev–Trinajstić information content (AvgIpc) is 2.79. The fourth-order valence-corrected chi connectivity index (χ4v) is 2.78. The number of benzene rings is 1. The van der Waals surface area contributed by atoms with Gasteiger partial charge in [0.25, 0.3) is 5.91 Å². The highest BCUT2D eigenvalue weighted by Crippen LogP contribution is 2.28. The second-order valence-electron chi connectivity index (χ2n) is 7.04. The predicted molar refractivity (Wildman–Crippen MR) is 100 cm³/mol. The summed E-state index contributed by atoms with van der Waals surface area (Å²) in [6.45, 7) is 8.03. The molecule has 5 nitrogen and oxygen atoms in total. The lowest BCUT2D eigenvalue weighted by Crippen LogP contribution is -2.40. The van der Waals surface area contributed by atoms with Gasteiger partial charge in [0.1, 0.15) is 5.54 Å². The Morgan fingerprint density at radius 3 is 2.60 bits per heavy atom. The summed E-state index contributed by atoms with van der Waals surface area (Å²) in [5, 5.41) is 7.81. The number of hydrazone groups is 1. The SMILES string of the molecule is CC(C)=CCC[C@H](C)C/C=N\N1C(=O)N[C@@](C)(c2ccccc2)C1=O. The zero-order valence-corrected chi connectivity index (χ0v) is 15.5. The number of carbonyl (C=O) groups excluding carboxylic acids is 2. The van der Waals surface area contributed by atoms with Gasteiger partial charge in [-0.2, -0.15) is 5.10 Å². The monoisotopic (exact) mass is 341 g/mol. The first kappa shape index (κ1) is 18.9. The summed E-state index contributed by atoms with van der Waals surface area (Å²) in [6.07, 6.45) is 6.71. The zero-order chi connectivity index (χ0) is 18.4. The van der Waals surface area contributed by atoms with Gasteiger partial charge in [0.05, 0.1) is 0 Å². The van der Waals surface area contributed by atoms with Gasteiger partial charge < -0.3 is 5.32 Å². The zero-order valence-electron chi connectivity index (χ0n) is 15.5. The van der Waals surface area contributed by atoms with E-state index in [9.17, 15) is 9.59 Å². The summed E-state index contributed by atoms with van der Waals surface area (Å²) >= 11 is 0. The van der Waals surface area contributed by atoms with Crippen LogP contribution in [0.15, 0.2) is 47.1 Å². The van der Waals surface area contributed by atoms with E-state index in [2.05, 4.69) is 37.3 Å². The van der Waals surface area contributed by atoms with Crippen molar-refractivity contribution in [2.24, 2.45) is 11.0 Å². The molecule has 1 fully saturated rings. The highest BCUT2D eigenvalue weighted by Gasteiger charge is 2.49. The van der Waals surface area contributed by atoms with Gasteiger partial charge in [0, 0.05) is 6.21 Å². The first-order chi connectivity index (χ1) is 11.8. The smallest absolute Gasteiger partial charge is 0.318 e. The van der Waals surface area contributed by atoms with Crippen molar-refractivity contribution in [1.82, 2.24) is 10.3 Å². The molecule has 0 aliphatic carbocycles. The number of urea groups is 1. The van der Waals surface area contributed by atoms with Gasteiger partial charge in [-0.3, -0.25) is 4.79 Å². The maximum absolute atomic E-state index is 12.7. The van der Waals surface area contributed by atoms with Crippen LogP contribution in [0.2, 0.25) is 0 Å². The predicted octanol–water partition coefficient (Wildman–Crippen LogP) is 4.21. The molecule has 0 spiro atoms. The average molecular weight is 341 g/mol. The van der Waals surface area contributed by atoms with E-state index in [1.807, 2.05) is 30.3 Å². The van der Waals surface area contributed by atoms with Crippen LogP contribution in [0, 0.1) is 5.92 Å². The Kier molecular flexibility index (Phi) is 6.12. The van der Waals surface area contributed by atoms with E-state index in [-0.39, 0.29) is 5.91 Å². The van der Waals surface area contributed by atoms with Crippen LogP contribution in [0.4, 0.5) is 4.79 Å². The van der Waals surface area contributed by atoms with Crippen LogP contribution in [0.5, 0.6) is 0 Å². The number of allylic oxidation sites excluding steroid dienone is 2. The summed E-state index contributed by atoms with van der Waals surface area (Å²) in [5.74, 6) is 0.0952. The molecular formula is C20H27N3O2. The number of hydrogen-bond acceptors (Lipinski definition) is 3. The van der Waals surface area contributed by atoms with Crippen LogP contribution in [-0.2, 0) is 10.3 Å². The molecule has 25 heavy (non-hydrogen) atoms. The maximum Gasteiger partial charge on any atom is 0.346 e. The van der Waals surface area contributed by atoms with E-state index in [0.29, 0.717) is 5.92 Å². The van der Waals surface area contributed by atoms with Crippen LogP contribution in [0.25, 0.3) is 0 Å². The van der Waals surface area contributed by atoms with Crippen LogP contribution in [0.3, 0.4) is 0 Å². The van der Waals surface area contributed by atoms with E-state index < -0.39 is 11.6 Å². The van der Waals surface area contributed by atoms with Gasteiger partial charge in [-0.05, 0) is 51.5 Å². The summed E-state index contributed by atoms with van der Waals surface area (Å²) in [6, 6.07) is 8.75. The van der Waals surface area contributed by atoms with Crippen LogP contribution < -0.4 is 5.32 Å². The topological polar surface area (TPSA) is 61.8 Å². The van der Waals surface area contributed by atoms with Gasteiger partial charge >= 0.3 is 6.03 Å². The van der Waals surface area contributed by atoms with Crippen molar-refractivity contribution in [3.63, 3.8) is 0 Å². The van der Waals surface area contributed by atoms with Crippen molar-refractivity contribution in [1.29, 1.82) is 0 Å². The van der Waals surface area contributed by atoms with Gasteiger partial charge in [-0.15, -0.1) is 5.01 Å². The number of nitrogens with one attached hydrogen (secondary N) is 1. The van der Waals surface area contributed by atoms with Gasteiger partial charge in [0.15, 0.2) is 0 Å². The van der Waals surface area contributed by atoms with E-state index in [4.69, 9.17) is 0 Å². The molecule has 1 aliphatic heterocycles. The molecule has 0 unspecified atom stereocenters. The quantitative estimate of drug-likeness (QED) is 0.459. The van der Waals surface area contributed by atoms with E-state index in [1.165, 1.54) is 5.57 Å². The molecule has 0 aromatic heterocycles. The second-order valence-corrected chi connectivity index (χ2v) is 7.04. The van der Waals surface area contributed by atoms with Crippen molar-refractivity contribution in [3.8, 4) is 0 Å². The van der Waals surface area contributed by atoms with Crippen LogP contribution in [-0.4, -0.2) is 23.2 Å². The Labute approximate surface area is 149 Å². The first-order valence-corrected chi connectivity index (χ1v) is 8.72. The Bertz CT molecular complexity index is 677. The maximum atomic E-state index is 12.7. The number of carbonyl (C=O) groups is 2. The minimum atomic E-state index is -1.06. The summed E-state index contributed by atoms with van der Waals surface area (Å²) in [7, 11) is 0. The highest BCUT2D eigenvalue weighted by atomic mass is 16.2. The molecule has 1 aliphatic rings. The van der Waals surface area contributed by atoms with E-state index in [1.54, 1.807) is 13.1 Å². The number of rotatable bonds is 7. The van der Waals surface area contributed by atoms with Crippen molar-refractivity contribution in [3.05, 3.63) is 47.5 Å². The Morgan fingerprint density at radius 2 is 1.96 bits per heavy atom. The van der Waals surface area contributed by atoms with Crippen LogP contribution >= 0.6 is 0 Å². The van der Waals surface area contributed by atoms with Gasteiger partial charge in [-0.1, -0.05) is 48.9 Å². The molecule has 1 N–H and O–H groups in total. The lowest BCUT2D eigenvalue weighted by molar-refractivity contribution is -0.131. The molecule has 2 rings (SSSR count). The largest absolute Gasteiger partial charge is 0.346 e. The van der Waals surface area contributed by atoms with Gasteiger partial charge in [0.2, 0.25) is 0 Å². The minimum Gasteiger partial charge on any atom is -0.318 e. The fraction of sp³-hybridized carbons (Fsp3) is 0.450. The molecule has 1 aromatic carbocycles. The molecule has 0 bridgehead atoms. The third-order valence-corrected chi connectivity index (χ3v) is 4.44. The van der Waals surface area contributed by atoms with E-state index >= 15 is 0 Å². The first-order valence-electron chi connectivity index (χ1n) is 8.72. The molecule has 5 heteroatoms. The Morgan fingerprint density at radius 1 is 1.28 bits per heavy atom. The number of hydrogen-bond donors (Lipinski definition) is 1. The third-order valence-electron chi connectivity index (χ3n) is 4.44. The standard InChI is InChI=1S/C20H27N3O2/c1-15(2)9-8-10-16(3)13-14-21-23-18(24)20(4,22-19(23)25)17-11-6-5-7-12-17/h5-7,9,11-12,14,16H,8,10,13H2,1-4H3,(H,22,25)/b21-14-/t16-,20-/m0/s1. The molecule has 1 saturated heterocycles. The number of nitrogens with zero attached hydrogens (tertiary/aromatic N) is 2. The summed E-state index contributed by atoms with van der Waals surface area (Å²) in [5.41, 5.74) is 1.01. The second kappa shape index (κ2) is 8.10. The summed E-state index contributed by atoms with van der Waals surface area (Å²) < 4.78 is 0. The highest BCUT2D eigenvalue weighted by molar-refractivity contribution is 6.07. The molecular weight excluding hydrogens is 314 g/mol. The Hall–Kier alpha value is -2.43. The normalized spacial score (nSPS) is 21.5. The summed E-state index contributed by atoms with van der Waals surface area (Å²) in [4.78, 5) is 24.9. The molecule has 2 atom stereocenters. The number of amides is 3. The molecule has 1 heterocycles. The van der Waals surface area contributed by atoms with Crippen LogP contribution in [0.1, 0.15) is 52.5 Å². The van der Waals surface area contributed by atoms with Crippen molar-refractivity contribution < 1.29 is 9.59 Å². The van der Waals surface area contributed by atoms with Gasteiger partial charge in [-0.25, -0.2) is 4.79 Å². The molecule has 134 valence electrons. The molecule has 1 aromatic rings. The minimum absolute atomic E-state index is 0.350. The van der Waals surface area contributed by atoms with Crippen molar-refractivity contribution in [2.45, 2.75) is 52.5 Å². The molecule has 3 amide bonds. The lowest BCUT2D eigenvalue weighted by atomic mass is 9.92. The third kappa shape index (κ3) is 4.56.